The highest BCUT2D eigenvalue weighted by molar-refractivity contribution is 5.85. The number of nitrogens with zero attached hydrogens (tertiary/aromatic N) is 1. The van der Waals surface area contributed by atoms with Gasteiger partial charge in [-0.15, -0.1) is 12.4 Å². The van der Waals surface area contributed by atoms with Crippen molar-refractivity contribution in [3.8, 4) is 17.2 Å². The van der Waals surface area contributed by atoms with Crippen molar-refractivity contribution in [1.29, 1.82) is 0 Å². The number of nitrogens with two attached hydrogens (primary N) is 1. The lowest BCUT2D eigenvalue weighted by atomic mass is 10.1. The fourth-order valence-electron chi connectivity index (χ4n) is 2.93. The number of ether oxygens (including phenoxy) is 4. The Morgan fingerprint density at radius 2 is 2.04 bits per heavy atom. The summed E-state index contributed by atoms with van der Waals surface area (Å²) < 4.78 is 45.9. The van der Waals surface area contributed by atoms with E-state index >= 15 is 0 Å². The van der Waals surface area contributed by atoms with E-state index in [1.54, 1.807) is 13.1 Å². The van der Waals surface area contributed by atoms with Crippen LogP contribution in [0.15, 0.2) is 12.1 Å². The summed E-state index contributed by atoms with van der Waals surface area (Å²) in [5, 5.41) is 0. The normalized spacial score (nSPS) is 20.8. The standard InChI is InChI=1S/C16H20F2N2O5.ClH/c1-20(15(21)11-3-2-10(6-19)24-11)7-9-4-13-14(23-8-22-13)5-12(9)25-16(17)18;/h4-5,10-11,16H,2-3,6-8,19H2,1H3;1H/t10-,11+;/m1./s1. The van der Waals surface area contributed by atoms with Crippen LogP contribution in [0.5, 0.6) is 17.2 Å². The molecule has 1 fully saturated rings. The third-order valence-electron chi connectivity index (χ3n) is 4.20. The second-order valence-electron chi connectivity index (χ2n) is 5.95. The van der Waals surface area contributed by atoms with Crippen LogP contribution in [0.25, 0.3) is 0 Å². The number of carbonyl (C=O) groups is 1. The van der Waals surface area contributed by atoms with E-state index < -0.39 is 12.7 Å². The zero-order chi connectivity index (χ0) is 18.0. The zero-order valence-corrected chi connectivity index (χ0v) is 15.0. The van der Waals surface area contributed by atoms with Crippen LogP contribution >= 0.6 is 12.4 Å². The Morgan fingerprint density at radius 3 is 2.65 bits per heavy atom. The smallest absolute Gasteiger partial charge is 0.387 e. The van der Waals surface area contributed by atoms with E-state index in [2.05, 4.69) is 4.74 Å². The number of amides is 1. The summed E-state index contributed by atoms with van der Waals surface area (Å²) in [7, 11) is 1.58. The molecule has 2 aliphatic heterocycles. The van der Waals surface area contributed by atoms with Crippen LogP contribution in [0.4, 0.5) is 8.78 Å². The first-order valence-electron chi connectivity index (χ1n) is 7.95. The number of likely N-dealkylation sites (N-methyl/N-ethyl adjacent to an activating group) is 1. The minimum atomic E-state index is -2.98. The highest BCUT2D eigenvalue weighted by atomic mass is 35.5. The maximum atomic E-state index is 12.7. The lowest BCUT2D eigenvalue weighted by molar-refractivity contribution is -0.141. The average Bonchev–Trinajstić information content (AvgIpc) is 3.22. The molecule has 1 amide bonds. The second kappa shape index (κ2) is 8.70. The van der Waals surface area contributed by atoms with Gasteiger partial charge < -0.3 is 29.6 Å². The lowest BCUT2D eigenvalue weighted by Gasteiger charge is -2.22. The van der Waals surface area contributed by atoms with Crippen molar-refractivity contribution in [1.82, 2.24) is 4.90 Å². The summed E-state index contributed by atoms with van der Waals surface area (Å²) in [6, 6.07) is 2.89. The summed E-state index contributed by atoms with van der Waals surface area (Å²) in [4.78, 5) is 13.9. The fourth-order valence-corrected chi connectivity index (χ4v) is 2.93. The summed E-state index contributed by atoms with van der Waals surface area (Å²) in [6.07, 6.45) is 0.634. The van der Waals surface area contributed by atoms with E-state index in [9.17, 15) is 13.6 Å². The summed E-state index contributed by atoms with van der Waals surface area (Å²) in [5.41, 5.74) is 5.95. The van der Waals surface area contributed by atoms with E-state index in [1.165, 1.54) is 11.0 Å². The first-order valence-corrected chi connectivity index (χ1v) is 7.95. The van der Waals surface area contributed by atoms with Crippen molar-refractivity contribution < 1.29 is 32.5 Å². The van der Waals surface area contributed by atoms with E-state index in [-0.39, 0.29) is 43.5 Å². The Morgan fingerprint density at radius 1 is 1.35 bits per heavy atom. The molecule has 146 valence electrons. The highest BCUT2D eigenvalue weighted by Gasteiger charge is 2.32. The minimum absolute atomic E-state index is 0. The fraction of sp³-hybridized carbons (Fsp3) is 0.562. The van der Waals surface area contributed by atoms with Crippen LogP contribution in [-0.2, 0) is 16.1 Å². The molecule has 2 N–H and O–H groups in total. The summed E-state index contributed by atoms with van der Waals surface area (Å²) in [5.74, 6) is 0.485. The predicted molar refractivity (Wildman–Crippen MR) is 89.9 cm³/mol. The first-order chi connectivity index (χ1) is 12.0. The molecule has 1 saturated heterocycles. The topological polar surface area (TPSA) is 83.2 Å². The molecule has 2 atom stereocenters. The van der Waals surface area contributed by atoms with Crippen LogP contribution in [-0.4, -0.2) is 50.0 Å². The number of fused-ring (bicyclic) bond motifs is 1. The molecule has 1 aromatic carbocycles. The molecule has 7 nitrogen and oxygen atoms in total. The van der Waals surface area contributed by atoms with Gasteiger partial charge >= 0.3 is 6.61 Å². The van der Waals surface area contributed by atoms with Crippen molar-refractivity contribution in [3.63, 3.8) is 0 Å². The molecule has 2 heterocycles. The van der Waals surface area contributed by atoms with Gasteiger partial charge in [-0.25, -0.2) is 0 Å². The molecular weight excluding hydrogens is 374 g/mol. The zero-order valence-electron chi connectivity index (χ0n) is 14.2. The monoisotopic (exact) mass is 394 g/mol. The Kier molecular flexibility index (Phi) is 6.85. The van der Waals surface area contributed by atoms with Crippen LogP contribution < -0.4 is 19.9 Å². The molecular formula is C16H21ClF2N2O5. The maximum absolute atomic E-state index is 12.7. The molecule has 26 heavy (non-hydrogen) atoms. The molecule has 10 heteroatoms. The Labute approximate surface area is 155 Å². The van der Waals surface area contributed by atoms with E-state index in [1.807, 2.05) is 0 Å². The number of rotatable bonds is 6. The molecule has 1 aromatic rings. The van der Waals surface area contributed by atoms with E-state index in [0.29, 0.717) is 30.0 Å². The maximum Gasteiger partial charge on any atom is 0.387 e. The number of carbonyl (C=O) groups excluding carboxylic acids is 1. The van der Waals surface area contributed by atoms with E-state index in [4.69, 9.17) is 19.9 Å². The molecule has 3 rings (SSSR count). The third kappa shape index (κ3) is 4.46. The molecule has 0 spiro atoms. The number of alkyl halides is 2. The van der Waals surface area contributed by atoms with Gasteiger partial charge in [0.15, 0.2) is 11.5 Å². The van der Waals surface area contributed by atoms with Crippen LogP contribution in [0, 0.1) is 0 Å². The number of hydrogen-bond acceptors (Lipinski definition) is 6. The Hall–Kier alpha value is -1.84. The van der Waals surface area contributed by atoms with Gasteiger partial charge in [0.1, 0.15) is 11.9 Å². The van der Waals surface area contributed by atoms with Gasteiger partial charge in [0.05, 0.1) is 6.10 Å². The predicted octanol–water partition coefficient (Wildman–Crippen LogP) is 1.90. The average molecular weight is 395 g/mol. The van der Waals surface area contributed by atoms with Crippen molar-refractivity contribution >= 4 is 18.3 Å². The van der Waals surface area contributed by atoms with Gasteiger partial charge in [0.25, 0.3) is 5.91 Å². The van der Waals surface area contributed by atoms with Crippen molar-refractivity contribution in [3.05, 3.63) is 17.7 Å². The molecule has 0 unspecified atom stereocenters. The van der Waals surface area contributed by atoms with Crippen molar-refractivity contribution in [2.45, 2.75) is 38.2 Å². The molecule has 2 aliphatic rings. The van der Waals surface area contributed by atoms with Gasteiger partial charge in [-0.1, -0.05) is 0 Å². The quantitative estimate of drug-likeness (QED) is 0.793. The molecule has 0 bridgehead atoms. The SMILES string of the molecule is CN(Cc1cc2c(cc1OC(F)F)OCO2)C(=O)[C@@H]1CC[C@H](CN)O1.Cl. The summed E-state index contributed by atoms with van der Waals surface area (Å²) >= 11 is 0. The first kappa shape index (κ1) is 20.5. The second-order valence-corrected chi connectivity index (χ2v) is 5.95. The number of hydrogen-bond donors (Lipinski definition) is 1. The van der Waals surface area contributed by atoms with Crippen LogP contribution in [0.1, 0.15) is 18.4 Å². The van der Waals surface area contributed by atoms with Gasteiger partial charge in [0, 0.05) is 31.8 Å². The molecule has 0 radical (unpaired) electrons. The third-order valence-corrected chi connectivity index (χ3v) is 4.20. The molecule has 0 aliphatic carbocycles. The van der Waals surface area contributed by atoms with Gasteiger partial charge in [-0.2, -0.15) is 8.78 Å². The van der Waals surface area contributed by atoms with Gasteiger partial charge in [0.2, 0.25) is 6.79 Å². The van der Waals surface area contributed by atoms with Crippen molar-refractivity contribution in [2.75, 3.05) is 20.4 Å². The van der Waals surface area contributed by atoms with Crippen LogP contribution in [0.3, 0.4) is 0 Å². The Balaban J connectivity index is 0.00000243. The molecule has 0 aromatic heterocycles. The van der Waals surface area contributed by atoms with E-state index in [0.717, 1.165) is 6.42 Å². The largest absolute Gasteiger partial charge is 0.454 e. The highest BCUT2D eigenvalue weighted by Crippen LogP contribution is 2.39. The minimum Gasteiger partial charge on any atom is -0.454 e. The van der Waals surface area contributed by atoms with Gasteiger partial charge in [-0.05, 0) is 18.9 Å². The number of benzene rings is 1. The Bertz CT molecular complexity index is 649. The van der Waals surface area contributed by atoms with Crippen molar-refractivity contribution in [2.24, 2.45) is 5.73 Å². The van der Waals surface area contributed by atoms with Crippen LogP contribution in [0.2, 0.25) is 0 Å². The lowest BCUT2D eigenvalue weighted by Crippen LogP contribution is -2.36. The summed E-state index contributed by atoms with van der Waals surface area (Å²) in [6.45, 7) is -2.53. The number of halogens is 3. The molecule has 0 saturated carbocycles. The van der Waals surface area contributed by atoms with Gasteiger partial charge in [-0.3, -0.25) is 4.79 Å².